The van der Waals surface area contributed by atoms with E-state index in [1.54, 1.807) is 24.3 Å². The van der Waals surface area contributed by atoms with Gasteiger partial charge < -0.3 is 20.3 Å². The molecule has 1 fully saturated rings. The third-order valence-electron chi connectivity index (χ3n) is 5.02. The second-order valence-electron chi connectivity index (χ2n) is 7.29. The van der Waals surface area contributed by atoms with Gasteiger partial charge in [0.05, 0.1) is 19.8 Å². The predicted octanol–water partition coefficient (Wildman–Crippen LogP) is 1.15. The Balaban J connectivity index is 1.59. The highest BCUT2D eigenvalue weighted by Gasteiger charge is 2.23. The Bertz CT molecular complexity index is 818. The quantitative estimate of drug-likeness (QED) is 0.634. The molecule has 29 heavy (non-hydrogen) atoms. The maximum Gasteiger partial charge on any atom is 0.251 e. The minimum Gasteiger partial charge on any atom is -0.370 e. The van der Waals surface area contributed by atoms with Crippen LogP contribution in [0, 0.1) is 6.92 Å². The smallest absolute Gasteiger partial charge is 0.251 e. The molecule has 0 radical (unpaired) electrons. The highest BCUT2D eigenvalue weighted by atomic mass is 35.5. The molecule has 0 spiro atoms. The van der Waals surface area contributed by atoms with Crippen LogP contribution < -0.4 is 15.5 Å². The molecule has 2 aromatic carbocycles. The molecule has 0 unspecified atom stereocenters. The number of halogens is 1. The summed E-state index contributed by atoms with van der Waals surface area (Å²) in [5, 5.41) is 6.31. The number of carbonyl (C=O) groups is 2. The molecule has 0 bridgehead atoms. The minimum absolute atomic E-state index is 0.0811. The van der Waals surface area contributed by atoms with Crippen LogP contribution in [-0.2, 0) is 9.53 Å². The molecule has 3 N–H and O–H groups in total. The lowest BCUT2D eigenvalue weighted by molar-refractivity contribution is -0.909. The first-order valence-electron chi connectivity index (χ1n) is 9.82. The molecule has 1 saturated heterocycles. The number of rotatable bonds is 7. The van der Waals surface area contributed by atoms with Crippen molar-refractivity contribution in [3.8, 4) is 0 Å². The predicted molar refractivity (Wildman–Crippen MR) is 112 cm³/mol. The van der Waals surface area contributed by atoms with Crippen LogP contribution in [-0.4, -0.2) is 51.2 Å². The summed E-state index contributed by atoms with van der Waals surface area (Å²) in [4.78, 5) is 26.2. The zero-order valence-electron chi connectivity index (χ0n) is 16.5. The number of amides is 2. The highest BCUT2D eigenvalue weighted by molar-refractivity contribution is 6.30. The lowest BCUT2D eigenvalue weighted by Gasteiger charge is -2.28. The zero-order chi connectivity index (χ0) is 20.6. The molecule has 0 saturated carbocycles. The molecule has 7 heteroatoms. The summed E-state index contributed by atoms with van der Waals surface area (Å²) in [6.45, 7) is 6.06. The van der Waals surface area contributed by atoms with Crippen molar-refractivity contribution in [2.24, 2.45) is 0 Å². The first-order chi connectivity index (χ1) is 14.0. The molecule has 0 aliphatic carbocycles. The number of nitrogens with one attached hydrogen (secondary N) is 3. The van der Waals surface area contributed by atoms with E-state index in [-0.39, 0.29) is 24.4 Å². The molecule has 1 heterocycles. The van der Waals surface area contributed by atoms with Gasteiger partial charge in [0.15, 0.2) is 0 Å². The number of morpholine rings is 1. The zero-order valence-corrected chi connectivity index (χ0v) is 17.3. The number of quaternary nitrogens is 1. The van der Waals surface area contributed by atoms with Gasteiger partial charge in [-0.1, -0.05) is 41.4 Å². The Morgan fingerprint density at radius 2 is 1.72 bits per heavy atom. The number of carbonyl (C=O) groups excluding carboxylic acids is 2. The van der Waals surface area contributed by atoms with Crippen LogP contribution >= 0.6 is 11.6 Å². The first-order valence-corrected chi connectivity index (χ1v) is 10.2. The van der Waals surface area contributed by atoms with Gasteiger partial charge in [0, 0.05) is 10.6 Å². The van der Waals surface area contributed by atoms with Crippen LogP contribution in [0.4, 0.5) is 0 Å². The normalized spacial score (nSPS) is 15.5. The molecule has 154 valence electrons. The number of hydrogen-bond acceptors (Lipinski definition) is 3. The average Bonchev–Trinajstić information content (AvgIpc) is 2.73. The second-order valence-corrected chi connectivity index (χ2v) is 7.72. The van der Waals surface area contributed by atoms with Gasteiger partial charge in [-0.2, -0.15) is 0 Å². The number of aryl methyl sites for hydroxylation is 1. The van der Waals surface area contributed by atoms with Crippen molar-refractivity contribution in [1.82, 2.24) is 10.6 Å². The van der Waals surface area contributed by atoms with Gasteiger partial charge in [0.2, 0.25) is 5.91 Å². The van der Waals surface area contributed by atoms with Crippen molar-refractivity contribution in [3.05, 3.63) is 70.2 Å². The van der Waals surface area contributed by atoms with Gasteiger partial charge in [-0.3, -0.25) is 9.59 Å². The van der Waals surface area contributed by atoms with Crippen LogP contribution in [0.1, 0.15) is 27.5 Å². The molecule has 1 atom stereocenters. The SMILES string of the molecule is Cc1ccc([C@@H](C[NH+]2CCOCC2)NC(=O)CNC(=O)c2ccc(Cl)cc2)cc1. The fourth-order valence-electron chi connectivity index (χ4n) is 3.31. The average molecular weight is 417 g/mol. The van der Waals surface area contributed by atoms with Crippen LogP contribution in [0.25, 0.3) is 0 Å². The molecule has 2 amide bonds. The van der Waals surface area contributed by atoms with E-state index in [9.17, 15) is 9.59 Å². The molecule has 0 aromatic heterocycles. The Labute approximate surface area is 176 Å². The molecular weight excluding hydrogens is 390 g/mol. The third kappa shape index (κ3) is 6.56. The summed E-state index contributed by atoms with van der Waals surface area (Å²) in [6.07, 6.45) is 0. The molecule has 1 aliphatic rings. The van der Waals surface area contributed by atoms with Gasteiger partial charge in [-0.15, -0.1) is 0 Å². The second kappa shape index (κ2) is 10.4. The monoisotopic (exact) mass is 416 g/mol. The molecule has 2 aromatic rings. The first kappa shape index (κ1) is 21.3. The molecule has 6 nitrogen and oxygen atoms in total. The van der Waals surface area contributed by atoms with Crippen LogP contribution in [0.2, 0.25) is 5.02 Å². The summed E-state index contributed by atoms with van der Waals surface area (Å²) in [6, 6.07) is 14.6. The van der Waals surface area contributed by atoms with Crippen molar-refractivity contribution in [2.75, 3.05) is 39.4 Å². The summed E-state index contributed by atoms with van der Waals surface area (Å²) in [5.41, 5.74) is 2.70. The Morgan fingerprint density at radius 1 is 1.07 bits per heavy atom. The van der Waals surface area contributed by atoms with Crippen molar-refractivity contribution < 1.29 is 19.2 Å². The maximum absolute atomic E-state index is 12.5. The van der Waals surface area contributed by atoms with Gasteiger partial charge in [-0.25, -0.2) is 0 Å². The Kier molecular flexibility index (Phi) is 7.63. The van der Waals surface area contributed by atoms with Crippen LogP contribution in [0.15, 0.2) is 48.5 Å². The van der Waals surface area contributed by atoms with E-state index in [1.807, 2.05) is 31.2 Å². The summed E-state index contributed by atoms with van der Waals surface area (Å²) < 4.78 is 5.43. The van der Waals surface area contributed by atoms with E-state index in [0.29, 0.717) is 10.6 Å². The van der Waals surface area contributed by atoms with E-state index in [1.165, 1.54) is 10.5 Å². The fourth-order valence-corrected chi connectivity index (χ4v) is 3.44. The maximum atomic E-state index is 12.5. The van der Waals surface area contributed by atoms with E-state index >= 15 is 0 Å². The standard InChI is InChI=1S/C22H26ClN3O3/c1-16-2-4-17(5-3-16)20(15-26-10-12-29-13-11-26)25-21(27)14-24-22(28)18-6-8-19(23)9-7-18/h2-9,20H,10-15H2,1H3,(H,24,28)(H,25,27)/p+1/t20-/m1/s1. The highest BCUT2D eigenvalue weighted by Crippen LogP contribution is 2.13. The topological polar surface area (TPSA) is 71.9 Å². The van der Waals surface area contributed by atoms with Crippen LogP contribution in [0.3, 0.4) is 0 Å². The molecule has 1 aliphatic heterocycles. The number of hydrogen-bond donors (Lipinski definition) is 3. The van der Waals surface area contributed by atoms with Crippen molar-refractivity contribution in [2.45, 2.75) is 13.0 Å². The van der Waals surface area contributed by atoms with E-state index in [2.05, 4.69) is 10.6 Å². The van der Waals surface area contributed by atoms with Gasteiger partial charge in [0.1, 0.15) is 25.7 Å². The largest absolute Gasteiger partial charge is 0.370 e. The number of ether oxygens (including phenoxy) is 1. The van der Waals surface area contributed by atoms with Crippen molar-refractivity contribution >= 4 is 23.4 Å². The Hall–Kier alpha value is -2.41. The summed E-state index contributed by atoms with van der Waals surface area (Å²) in [7, 11) is 0. The third-order valence-corrected chi connectivity index (χ3v) is 5.28. The Morgan fingerprint density at radius 3 is 2.38 bits per heavy atom. The van der Waals surface area contributed by atoms with Crippen molar-refractivity contribution in [3.63, 3.8) is 0 Å². The van der Waals surface area contributed by atoms with Crippen LogP contribution in [0.5, 0.6) is 0 Å². The minimum atomic E-state index is -0.303. The summed E-state index contributed by atoms with van der Waals surface area (Å²) >= 11 is 5.84. The van der Waals surface area contributed by atoms with Crippen molar-refractivity contribution in [1.29, 1.82) is 0 Å². The lowest BCUT2D eigenvalue weighted by Crippen LogP contribution is -3.14. The van der Waals surface area contributed by atoms with E-state index in [0.717, 1.165) is 38.4 Å². The number of benzene rings is 2. The fraction of sp³-hybridized carbons (Fsp3) is 0.364. The molecular formula is C22H27ClN3O3+. The van der Waals surface area contributed by atoms with Gasteiger partial charge in [-0.05, 0) is 36.8 Å². The van der Waals surface area contributed by atoms with Gasteiger partial charge in [0.25, 0.3) is 5.91 Å². The van der Waals surface area contributed by atoms with Gasteiger partial charge >= 0.3 is 0 Å². The molecule has 3 rings (SSSR count). The van der Waals surface area contributed by atoms with E-state index in [4.69, 9.17) is 16.3 Å². The lowest BCUT2D eigenvalue weighted by atomic mass is 10.0. The summed E-state index contributed by atoms with van der Waals surface area (Å²) in [5.74, 6) is -0.520. The van der Waals surface area contributed by atoms with E-state index < -0.39 is 0 Å².